The molecule has 0 radical (unpaired) electrons. The van der Waals surface area contributed by atoms with E-state index in [0.717, 1.165) is 18.4 Å². The first kappa shape index (κ1) is 12.2. The fraction of sp³-hybridized carbons (Fsp3) is 0.538. The monoisotopic (exact) mass is 239 g/mol. The lowest BCUT2D eigenvalue weighted by molar-refractivity contribution is 0.357. The molecule has 1 aliphatic rings. The molecule has 0 bridgehead atoms. The van der Waals surface area contributed by atoms with Crippen molar-refractivity contribution in [3.05, 3.63) is 23.5 Å². The van der Waals surface area contributed by atoms with E-state index in [-0.39, 0.29) is 17.0 Å². The lowest BCUT2D eigenvalue weighted by Gasteiger charge is -2.18. The van der Waals surface area contributed by atoms with Crippen molar-refractivity contribution in [3.63, 3.8) is 0 Å². The number of halogens is 1. The van der Waals surface area contributed by atoms with Crippen LogP contribution in [0.15, 0.2) is 12.1 Å². The van der Waals surface area contributed by atoms with Crippen LogP contribution >= 0.6 is 0 Å². The molecular formula is C13H18FNO2. The lowest BCUT2D eigenvalue weighted by atomic mass is 9.95. The van der Waals surface area contributed by atoms with Gasteiger partial charge in [-0.3, -0.25) is 0 Å². The maximum absolute atomic E-state index is 13.7. The van der Waals surface area contributed by atoms with E-state index in [9.17, 15) is 4.39 Å². The van der Waals surface area contributed by atoms with Crippen molar-refractivity contribution < 1.29 is 13.9 Å². The van der Waals surface area contributed by atoms with E-state index in [2.05, 4.69) is 0 Å². The Morgan fingerprint density at radius 2 is 2.00 bits per heavy atom. The van der Waals surface area contributed by atoms with E-state index < -0.39 is 0 Å². The van der Waals surface area contributed by atoms with Crippen molar-refractivity contribution in [2.45, 2.75) is 19.3 Å². The summed E-state index contributed by atoms with van der Waals surface area (Å²) in [4.78, 5) is 0. The Hall–Kier alpha value is -1.29. The third-order valence-electron chi connectivity index (χ3n) is 3.54. The second-order valence-electron chi connectivity index (χ2n) is 4.64. The van der Waals surface area contributed by atoms with Crippen LogP contribution in [0.3, 0.4) is 0 Å². The number of methoxy groups -OCH3 is 2. The van der Waals surface area contributed by atoms with Crippen LogP contribution in [0.25, 0.3) is 0 Å². The minimum Gasteiger partial charge on any atom is -0.496 e. The molecule has 1 fully saturated rings. The standard InChI is InChI=1S/C13H18FNO2/c1-16-11-4-3-10(14)12(17-2)9(11)7-13(8-15)5-6-13/h3-4H,5-8,15H2,1-2H3. The minimum absolute atomic E-state index is 0.119. The van der Waals surface area contributed by atoms with Crippen LogP contribution in [-0.4, -0.2) is 20.8 Å². The molecule has 0 aliphatic heterocycles. The first-order chi connectivity index (χ1) is 8.15. The summed E-state index contributed by atoms with van der Waals surface area (Å²) in [6.07, 6.45) is 2.90. The van der Waals surface area contributed by atoms with E-state index in [1.807, 2.05) is 0 Å². The molecule has 1 aromatic carbocycles. The Bertz CT molecular complexity index is 416. The van der Waals surface area contributed by atoms with Crippen LogP contribution < -0.4 is 15.2 Å². The van der Waals surface area contributed by atoms with E-state index in [1.54, 1.807) is 13.2 Å². The molecule has 3 nitrogen and oxygen atoms in total. The number of ether oxygens (including phenoxy) is 2. The molecule has 1 aromatic rings. The fourth-order valence-corrected chi connectivity index (χ4v) is 2.17. The first-order valence-electron chi connectivity index (χ1n) is 5.75. The molecule has 1 saturated carbocycles. The highest BCUT2D eigenvalue weighted by atomic mass is 19.1. The van der Waals surface area contributed by atoms with Gasteiger partial charge >= 0.3 is 0 Å². The van der Waals surface area contributed by atoms with Crippen LogP contribution in [-0.2, 0) is 6.42 Å². The molecule has 2 rings (SSSR count). The van der Waals surface area contributed by atoms with Gasteiger partial charge in [0.25, 0.3) is 0 Å². The highest BCUT2D eigenvalue weighted by molar-refractivity contribution is 5.47. The number of hydrogen-bond acceptors (Lipinski definition) is 3. The summed E-state index contributed by atoms with van der Waals surface area (Å²) in [6.45, 7) is 0.621. The molecule has 0 atom stereocenters. The average molecular weight is 239 g/mol. The van der Waals surface area contributed by atoms with Crippen LogP contribution in [0.2, 0.25) is 0 Å². The molecule has 0 heterocycles. The van der Waals surface area contributed by atoms with Gasteiger partial charge in [0.05, 0.1) is 14.2 Å². The Morgan fingerprint density at radius 3 is 2.47 bits per heavy atom. The van der Waals surface area contributed by atoms with Gasteiger partial charge in [0.15, 0.2) is 11.6 Å². The van der Waals surface area contributed by atoms with E-state index in [4.69, 9.17) is 15.2 Å². The Morgan fingerprint density at radius 1 is 1.29 bits per heavy atom. The number of benzene rings is 1. The molecule has 0 spiro atoms. The third kappa shape index (κ3) is 2.22. The number of rotatable bonds is 5. The van der Waals surface area contributed by atoms with Crippen molar-refractivity contribution in [3.8, 4) is 11.5 Å². The van der Waals surface area contributed by atoms with Crippen molar-refractivity contribution in [1.82, 2.24) is 0 Å². The molecule has 0 aromatic heterocycles. The predicted octanol–water partition coefficient (Wildman–Crippen LogP) is 2.12. The third-order valence-corrected chi connectivity index (χ3v) is 3.54. The van der Waals surface area contributed by atoms with Crippen molar-refractivity contribution >= 4 is 0 Å². The predicted molar refractivity (Wildman–Crippen MR) is 63.9 cm³/mol. The van der Waals surface area contributed by atoms with Crippen LogP contribution in [0.4, 0.5) is 4.39 Å². The summed E-state index contributed by atoms with van der Waals surface area (Å²) in [6, 6.07) is 3.00. The summed E-state index contributed by atoms with van der Waals surface area (Å²) in [7, 11) is 3.06. The van der Waals surface area contributed by atoms with Crippen LogP contribution in [0, 0.1) is 11.2 Å². The average Bonchev–Trinajstić information content (AvgIpc) is 3.10. The second kappa shape index (κ2) is 4.53. The second-order valence-corrected chi connectivity index (χ2v) is 4.64. The van der Waals surface area contributed by atoms with Gasteiger partial charge in [-0.15, -0.1) is 0 Å². The van der Waals surface area contributed by atoms with Crippen LogP contribution in [0.5, 0.6) is 11.5 Å². The number of nitrogens with two attached hydrogens (primary N) is 1. The van der Waals surface area contributed by atoms with Gasteiger partial charge in [0.1, 0.15) is 5.75 Å². The number of hydrogen-bond donors (Lipinski definition) is 1. The van der Waals surface area contributed by atoms with Gasteiger partial charge < -0.3 is 15.2 Å². The van der Waals surface area contributed by atoms with Gasteiger partial charge in [-0.25, -0.2) is 4.39 Å². The minimum atomic E-state index is -0.351. The lowest BCUT2D eigenvalue weighted by Crippen LogP contribution is -2.19. The Kier molecular flexibility index (Phi) is 3.24. The summed E-state index contributed by atoms with van der Waals surface area (Å²) < 4.78 is 24.1. The van der Waals surface area contributed by atoms with E-state index in [0.29, 0.717) is 18.7 Å². The zero-order valence-electron chi connectivity index (χ0n) is 10.3. The molecular weight excluding hydrogens is 221 g/mol. The van der Waals surface area contributed by atoms with Crippen molar-refractivity contribution in [2.24, 2.45) is 11.1 Å². The zero-order valence-corrected chi connectivity index (χ0v) is 10.3. The van der Waals surface area contributed by atoms with Gasteiger partial charge in [-0.2, -0.15) is 0 Å². The maximum atomic E-state index is 13.7. The quantitative estimate of drug-likeness (QED) is 0.856. The summed E-state index contributed by atoms with van der Waals surface area (Å²) in [5.41, 5.74) is 6.67. The van der Waals surface area contributed by atoms with E-state index in [1.165, 1.54) is 13.2 Å². The van der Waals surface area contributed by atoms with Gasteiger partial charge in [-0.05, 0) is 43.4 Å². The molecule has 94 valence electrons. The highest BCUT2D eigenvalue weighted by Gasteiger charge is 2.42. The summed E-state index contributed by atoms with van der Waals surface area (Å²) >= 11 is 0. The normalized spacial score (nSPS) is 16.7. The Labute approximate surface area is 101 Å². The topological polar surface area (TPSA) is 44.5 Å². The van der Waals surface area contributed by atoms with Crippen molar-refractivity contribution in [1.29, 1.82) is 0 Å². The van der Waals surface area contributed by atoms with Gasteiger partial charge in [0, 0.05) is 5.56 Å². The Balaban J connectivity index is 2.38. The molecule has 0 saturated heterocycles. The largest absolute Gasteiger partial charge is 0.496 e. The van der Waals surface area contributed by atoms with Gasteiger partial charge in [0.2, 0.25) is 0 Å². The SMILES string of the molecule is COc1ccc(F)c(OC)c1CC1(CN)CC1. The smallest absolute Gasteiger partial charge is 0.165 e. The van der Waals surface area contributed by atoms with Crippen LogP contribution in [0.1, 0.15) is 18.4 Å². The molecule has 0 unspecified atom stereocenters. The molecule has 17 heavy (non-hydrogen) atoms. The molecule has 4 heteroatoms. The highest BCUT2D eigenvalue weighted by Crippen LogP contribution is 2.50. The van der Waals surface area contributed by atoms with E-state index >= 15 is 0 Å². The molecule has 0 amide bonds. The van der Waals surface area contributed by atoms with Gasteiger partial charge in [-0.1, -0.05) is 0 Å². The fourth-order valence-electron chi connectivity index (χ4n) is 2.17. The molecule has 2 N–H and O–H groups in total. The summed E-state index contributed by atoms with van der Waals surface area (Å²) in [5, 5.41) is 0. The molecule has 1 aliphatic carbocycles. The maximum Gasteiger partial charge on any atom is 0.165 e. The first-order valence-corrected chi connectivity index (χ1v) is 5.75. The summed E-state index contributed by atoms with van der Waals surface area (Å²) in [5.74, 6) is 0.600. The van der Waals surface area contributed by atoms with Crippen molar-refractivity contribution in [2.75, 3.05) is 20.8 Å². The zero-order chi connectivity index (χ0) is 12.5.